The number of hydrogen-bond donors (Lipinski definition) is 2. The highest BCUT2D eigenvalue weighted by atomic mass is 16.5. The van der Waals surface area contributed by atoms with E-state index in [2.05, 4.69) is 5.32 Å². The SMILES string of the molecule is Cc1cccc(COC(=O)NC(C)(C)C(=O)O)c1. The number of carboxylic acid groups (broad SMARTS) is 1. The molecule has 1 rings (SSSR count). The number of alkyl carbamates (subject to hydrolysis) is 1. The van der Waals surface area contributed by atoms with Crippen molar-refractivity contribution in [2.24, 2.45) is 0 Å². The second-order valence-electron chi connectivity index (χ2n) is 4.62. The minimum atomic E-state index is -1.34. The molecular weight excluding hydrogens is 234 g/mol. The summed E-state index contributed by atoms with van der Waals surface area (Å²) in [6, 6.07) is 7.54. The third kappa shape index (κ3) is 4.08. The Kier molecular flexibility index (Phi) is 4.31. The van der Waals surface area contributed by atoms with E-state index in [0.29, 0.717) is 0 Å². The highest BCUT2D eigenvalue weighted by Crippen LogP contribution is 2.07. The van der Waals surface area contributed by atoms with E-state index in [-0.39, 0.29) is 6.61 Å². The monoisotopic (exact) mass is 251 g/mol. The quantitative estimate of drug-likeness (QED) is 0.859. The van der Waals surface area contributed by atoms with Gasteiger partial charge in [-0.05, 0) is 26.3 Å². The molecule has 98 valence electrons. The number of rotatable bonds is 4. The summed E-state index contributed by atoms with van der Waals surface area (Å²) in [6.07, 6.45) is -0.746. The molecule has 5 nitrogen and oxygen atoms in total. The van der Waals surface area contributed by atoms with Gasteiger partial charge in [0.25, 0.3) is 0 Å². The summed E-state index contributed by atoms with van der Waals surface area (Å²) in [5.74, 6) is -1.12. The van der Waals surface area contributed by atoms with E-state index in [9.17, 15) is 9.59 Å². The van der Waals surface area contributed by atoms with Gasteiger partial charge >= 0.3 is 12.1 Å². The number of ether oxygens (including phenoxy) is 1. The second-order valence-corrected chi connectivity index (χ2v) is 4.62. The van der Waals surface area contributed by atoms with Gasteiger partial charge in [-0.15, -0.1) is 0 Å². The fourth-order valence-corrected chi connectivity index (χ4v) is 1.30. The van der Waals surface area contributed by atoms with E-state index in [1.54, 1.807) is 0 Å². The summed E-state index contributed by atoms with van der Waals surface area (Å²) >= 11 is 0. The van der Waals surface area contributed by atoms with E-state index >= 15 is 0 Å². The van der Waals surface area contributed by atoms with E-state index in [0.717, 1.165) is 11.1 Å². The summed E-state index contributed by atoms with van der Waals surface area (Å²) in [5.41, 5.74) is 0.588. The standard InChI is InChI=1S/C13H17NO4/c1-9-5-4-6-10(7-9)8-18-12(17)14-13(2,3)11(15)16/h4-7H,8H2,1-3H3,(H,14,17)(H,15,16). The molecule has 0 heterocycles. The van der Waals surface area contributed by atoms with Gasteiger partial charge in [0, 0.05) is 0 Å². The van der Waals surface area contributed by atoms with Crippen LogP contribution in [0.1, 0.15) is 25.0 Å². The van der Waals surface area contributed by atoms with Crippen LogP contribution < -0.4 is 5.32 Å². The smallest absolute Gasteiger partial charge is 0.408 e. The second kappa shape index (κ2) is 5.53. The largest absolute Gasteiger partial charge is 0.480 e. The molecule has 0 atom stereocenters. The number of benzene rings is 1. The van der Waals surface area contributed by atoms with Crippen LogP contribution in [0, 0.1) is 6.92 Å². The lowest BCUT2D eigenvalue weighted by molar-refractivity contribution is -0.143. The first-order valence-electron chi connectivity index (χ1n) is 5.55. The zero-order valence-corrected chi connectivity index (χ0v) is 10.7. The van der Waals surface area contributed by atoms with Crippen LogP contribution in [0.25, 0.3) is 0 Å². The average molecular weight is 251 g/mol. The molecule has 1 aromatic carbocycles. The number of carboxylic acids is 1. The molecule has 0 unspecified atom stereocenters. The van der Waals surface area contributed by atoms with E-state index in [1.165, 1.54) is 13.8 Å². The number of nitrogens with one attached hydrogen (secondary N) is 1. The van der Waals surface area contributed by atoms with Gasteiger partial charge in [0.15, 0.2) is 0 Å². The predicted molar refractivity (Wildman–Crippen MR) is 66.2 cm³/mol. The Morgan fingerprint density at radius 3 is 2.61 bits per heavy atom. The highest BCUT2D eigenvalue weighted by Gasteiger charge is 2.29. The molecule has 0 saturated carbocycles. The minimum absolute atomic E-state index is 0.114. The summed E-state index contributed by atoms with van der Waals surface area (Å²) < 4.78 is 4.96. The summed E-state index contributed by atoms with van der Waals surface area (Å²) in [7, 11) is 0. The third-order valence-corrected chi connectivity index (χ3v) is 2.40. The van der Waals surface area contributed by atoms with Gasteiger partial charge in [0.05, 0.1) is 0 Å². The van der Waals surface area contributed by atoms with Crippen molar-refractivity contribution in [3.05, 3.63) is 35.4 Å². The van der Waals surface area contributed by atoms with Crippen LogP contribution in [-0.2, 0) is 16.1 Å². The van der Waals surface area contributed by atoms with Crippen LogP contribution in [0.4, 0.5) is 4.79 Å². The van der Waals surface area contributed by atoms with E-state index in [4.69, 9.17) is 9.84 Å². The summed E-state index contributed by atoms with van der Waals surface area (Å²) in [4.78, 5) is 22.2. The molecule has 0 fully saturated rings. The molecule has 1 amide bonds. The average Bonchev–Trinajstić information content (AvgIpc) is 2.25. The van der Waals surface area contributed by atoms with E-state index in [1.807, 2.05) is 31.2 Å². The number of hydrogen-bond acceptors (Lipinski definition) is 3. The van der Waals surface area contributed by atoms with Gasteiger partial charge in [-0.25, -0.2) is 9.59 Å². The number of aliphatic carboxylic acids is 1. The van der Waals surface area contributed by atoms with Gasteiger partial charge in [-0.3, -0.25) is 0 Å². The molecule has 1 aromatic rings. The van der Waals surface area contributed by atoms with Crippen molar-refractivity contribution in [2.75, 3.05) is 0 Å². The first-order chi connectivity index (χ1) is 8.31. The van der Waals surface area contributed by atoms with Crippen molar-refractivity contribution in [3.63, 3.8) is 0 Å². The number of carbonyl (C=O) groups excluding carboxylic acids is 1. The van der Waals surface area contributed by atoms with Gasteiger partial charge in [0.1, 0.15) is 12.1 Å². The minimum Gasteiger partial charge on any atom is -0.480 e. The predicted octanol–water partition coefficient (Wildman–Crippen LogP) is 2.08. The number of carbonyl (C=O) groups is 2. The molecule has 0 spiro atoms. The molecule has 18 heavy (non-hydrogen) atoms. The van der Waals surface area contributed by atoms with Gasteiger partial charge in [0.2, 0.25) is 0 Å². The molecule has 0 bridgehead atoms. The molecule has 0 saturated heterocycles. The van der Waals surface area contributed by atoms with Crippen LogP contribution >= 0.6 is 0 Å². The number of aryl methyl sites for hydroxylation is 1. The highest BCUT2D eigenvalue weighted by molar-refractivity contribution is 5.83. The Balaban J connectivity index is 2.50. The fraction of sp³-hybridized carbons (Fsp3) is 0.385. The summed E-state index contributed by atoms with van der Waals surface area (Å²) in [6.45, 7) is 4.84. The Morgan fingerprint density at radius 1 is 1.39 bits per heavy atom. The van der Waals surface area contributed by atoms with Gasteiger partial charge < -0.3 is 15.2 Å². The van der Waals surface area contributed by atoms with Crippen LogP contribution in [0.3, 0.4) is 0 Å². The van der Waals surface area contributed by atoms with Crippen LogP contribution in [0.15, 0.2) is 24.3 Å². The molecule has 0 aromatic heterocycles. The first-order valence-corrected chi connectivity index (χ1v) is 5.55. The molecule has 0 aliphatic heterocycles. The Labute approximate surface area is 106 Å². The third-order valence-electron chi connectivity index (χ3n) is 2.40. The molecular formula is C13H17NO4. The molecule has 5 heteroatoms. The molecule has 0 aliphatic rings. The maximum Gasteiger partial charge on any atom is 0.408 e. The lowest BCUT2D eigenvalue weighted by Gasteiger charge is -2.20. The molecule has 0 aliphatic carbocycles. The fourth-order valence-electron chi connectivity index (χ4n) is 1.30. The van der Waals surface area contributed by atoms with E-state index < -0.39 is 17.6 Å². The van der Waals surface area contributed by atoms with Crippen molar-refractivity contribution in [1.82, 2.24) is 5.32 Å². The first kappa shape index (κ1) is 14.0. The molecule has 0 radical (unpaired) electrons. The topological polar surface area (TPSA) is 75.6 Å². The maximum absolute atomic E-state index is 11.4. The van der Waals surface area contributed by atoms with Crippen molar-refractivity contribution in [1.29, 1.82) is 0 Å². The lowest BCUT2D eigenvalue weighted by atomic mass is 10.1. The number of amides is 1. The van der Waals surface area contributed by atoms with Crippen LogP contribution in [0.2, 0.25) is 0 Å². The Bertz CT molecular complexity index is 454. The zero-order chi connectivity index (χ0) is 13.8. The zero-order valence-electron chi connectivity index (χ0n) is 10.7. The van der Waals surface area contributed by atoms with Gasteiger partial charge in [-0.2, -0.15) is 0 Å². The molecule has 2 N–H and O–H groups in total. The van der Waals surface area contributed by atoms with Crippen molar-refractivity contribution in [3.8, 4) is 0 Å². The Hall–Kier alpha value is -2.04. The van der Waals surface area contributed by atoms with Gasteiger partial charge in [-0.1, -0.05) is 29.8 Å². The van der Waals surface area contributed by atoms with Crippen molar-refractivity contribution >= 4 is 12.1 Å². The normalized spacial score (nSPS) is 10.8. The van der Waals surface area contributed by atoms with Crippen molar-refractivity contribution < 1.29 is 19.4 Å². The maximum atomic E-state index is 11.4. The Morgan fingerprint density at radius 2 is 2.06 bits per heavy atom. The van der Waals surface area contributed by atoms with Crippen molar-refractivity contribution in [2.45, 2.75) is 32.9 Å². The van der Waals surface area contributed by atoms with Crippen LogP contribution in [-0.4, -0.2) is 22.7 Å². The summed E-state index contributed by atoms with van der Waals surface area (Å²) in [5, 5.41) is 11.1. The lowest BCUT2D eigenvalue weighted by Crippen LogP contribution is -2.49. The van der Waals surface area contributed by atoms with Crippen LogP contribution in [0.5, 0.6) is 0 Å².